The number of para-hydroxylation sites is 1. The molecule has 1 saturated carbocycles. The number of nitrogens with one attached hydrogen (secondary N) is 1. The van der Waals surface area contributed by atoms with Crippen molar-refractivity contribution in [1.82, 2.24) is 4.72 Å². The maximum Gasteiger partial charge on any atom is 0.324 e. The number of aliphatic hydroxyl groups excluding tert-OH is 1. The van der Waals surface area contributed by atoms with Crippen LogP contribution in [0.2, 0.25) is 0 Å². The molecule has 1 aromatic rings. The largest absolute Gasteiger partial charge is 0.393 e. The molecule has 1 fully saturated rings. The van der Waals surface area contributed by atoms with Crippen LogP contribution < -0.4 is 4.72 Å². The molecule has 0 aromatic heterocycles. The number of sulfonamides is 1. The Hall–Kier alpha value is -1.58. The lowest BCUT2D eigenvalue weighted by molar-refractivity contribution is -0.390. The van der Waals surface area contributed by atoms with Crippen LogP contribution in [0.3, 0.4) is 0 Å². The first-order valence-electron chi connectivity index (χ1n) is 6.44. The molecule has 2 atom stereocenters. The number of halogens is 1. The summed E-state index contributed by atoms with van der Waals surface area (Å²) >= 11 is 0. The lowest BCUT2D eigenvalue weighted by Gasteiger charge is -2.26. The van der Waals surface area contributed by atoms with Crippen LogP contribution in [0.25, 0.3) is 0 Å². The molecule has 1 aromatic carbocycles. The minimum Gasteiger partial charge on any atom is -0.393 e. The molecule has 1 aliphatic rings. The fourth-order valence-electron chi connectivity index (χ4n) is 2.44. The molecule has 0 spiro atoms. The zero-order valence-electron chi connectivity index (χ0n) is 11.0. The van der Waals surface area contributed by atoms with E-state index in [2.05, 4.69) is 4.72 Å². The number of hydrogen-bond donors (Lipinski definition) is 2. The second-order valence-electron chi connectivity index (χ2n) is 4.98. The summed E-state index contributed by atoms with van der Waals surface area (Å²) in [5.41, 5.74) is -1.07. The van der Waals surface area contributed by atoms with Gasteiger partial charge in [0.2, 0.25) is 15.8 Å². The minimum atomic E-state index is -4.22. The summed E-state index contributed by atoms with van der Waals surface area (Å²) in [6.07, 6.45) is 1.41. The van der Waals surface area contributed by atoms with Gasteiger partial charge in [-0.2, -0.15) is 4.39 Å². The highest BCUT2D eigenvalue weighted by molar-refractivity contribution is 7.89. The van der Waals surface area contributed by atoms with Gasteiger partial charge in [-0.1, -0.05) is 6.07 Å². The number of nitrogens with zero attached hydrogens (tertiary/aromatic N) is 1. The molecule has 0 amide bonds. The third-order valence-electron chi connectivity index (χ3n) is 3.39. The van der Waals surface area contributed by atoms with Crippen molar-refractivity contribution in [2.45, 2.75) is 42.7 Å². The molecule has 1 aliphatic carbocycles. The Morgan fingerprint density at radius 3 is 2.71 bits per heavy atom. The first-order valence-corrected chi connectivity index (χ1v) is 7.93. The van der Waals surface area contributed by atoms with Gasteiger partial charge in [0.25, 0.3) is 0 Å². The van der Waals surface area contributed by atoms with Gasteiger partial charge < -0.3 is 5.11 Å². The lowest BCUT2D eigenvalue weighted by Crippen LogP contribution is -2.39. The normalized spacial score (nSPS) is 23.0. The predicted molar refractivity (Wildman–Crippen MR) is 71.6 cm³/mol. The standard InChI is InChI=1S/C12H15FN2O5S/c13-10-5-2-6-11(12(10)15(17)18)21(19,20)14-8-3-1-4-9(16)7-8/h2,5-6,8-9,14,16H,1,3-4,7H2. The Bertz CT molecular complexity index is 649. The summed E-state index contributed by atoms with van der Waals surface area (Å²) in [7, 11) is -4.22. The zero-order chi connectivity index (χ0) is 15.6. The van der Waals surface area contributed by atoms with Crippen molar-refractivity contribution in [2.24, 2.45) is 0 Å². The molecule has 0 heterocycles. The molecule has 0 saturated heterocycles. The van der Waals surface area contributed by atoms with Crippen LogP contribution in [0, 0.1) is 15.9 Å². The molecular formula is C12H15FN2O5S. The summed E-state index contributed by atoms with van der Waals surface area (Å²) in [5, 5.41) is 20.4. The van der Waals surface area contributed by atoms with E-state index in [4.69, 9.17) is 0 Å². The molecule has 9 heteroatoms. The fraction of sp³-hybridized carbons (Fsp3) is 0.500. The number of hydrogen-bond acceptors (Lipinski definition) is 5. The van der Waals surface area contributed by atoms with Crippen LogP contribution in [0.1, 0.15) is 25.7 Å². The Kier molecular flexibility index (Phi) is 4.55. The number of nitro benzene ring substituents is 1. The first kappa shape index (κ1) is 15.8. The van der Waals surface area contributed by atoms with Crippen molar-refractivity contribution in [3.05, 3.63) is 34.1 Å². The third-order valence-corrected chi connectivity index (χ3v) is 4.94. The van der Waals surface area contributed by atoms with Crippen LogP contribution in [0.4, 0.5) is 10.1 Å². The van der Waals surface area contributed by atoms with E-state index in [1.807, 2.05) is 0 Å². The number of aliphatic hydroxyl groups is 1. The van der Waals surface area contributed by atoms with Crippen LogP contribution in [0.5, 0.6) is 0 Å². The number of rotatable bonds is 4. The second-order valence-corrected chi connectivity index (χ2v) is 6.66. The molecule has 116 valence electrons. The van der Waals surface area contributed by atoms with Crippen LogP contribution in [-0.2, 0) is 10.0 Å². The topological polar surface area (TPSA) is 110 Å². The van der Waals surface area contributed by atoms with E-state index in [-0.39, 0.29) is 6.42 Å². The summed E-state index contributed by atoms with van der Waals surface area (Å²) in [6, 6.07) is 2.42. The van der Waals surface area contributed by atoms with Crippen molar-refractivity contribution in [3.8, 4) is 0 Å². The SMILES string of the molecule is O=[N+]([O-])c1c(F)cccc1S(=O)(=O)NC1CCCC(O)C1. The highest BCUT2D eigenvalue weighted by Crippen LogP contribution is 2.28. The summed E-state index contributed by atoms with van der Waals surface area (Å²) < 4.78 is 40.2. The molecule has 0 bridgehead atoms. The third kappa shape index (κ3) is 3.55. The van der Waals surface area contributed by atoms with Crippen molar-refractivity contribution < 1.29 is 22.8 Å². The van der Waals surface area contributed by atoms with Gasteiger partial charge in [0.05, 0.1) is 11.0 Å². The molecule has 0 aliphatic heterocycles. The minimum absolute atomic E-state index is 0.238. The maximum absolute atomic E-state index is 13.5. The van der Waals surface area contributed by atoms with Gasteiger partial charge in [0, 0.05) is 6.04 Å². The van der Waals surface area contributed by atoms with E-state index in [1.165, 1.54) is 0 Å². The van der Waals surface area contributed by atoms with Gasteiger partial charge in [-0.05, 0) is 37.8 Å². The Labute approximate surface area is 121 Å². The first-order chi connectivity index (χ1) is 9.81. The van der Waals surface area contributed by atoms with Crippen molar-refractivity contribution in [2.75, 3.05) is 0 Å². The van der Waals surface area contributed by atoms with E-state index in [9.17, 15) is 28.0 Å². The van der Waals surface area contributed by atoms with Gasteiger partial charge >= 0.3 is 5.69 Å². The molecule has 2 unspecified atom stereocenters. The Morgan fingerprint density at radius 1 is 1.38 bits per heavy atom. The van der Waals surface area contributed by atoms with E-state index in [0.717, 1.165) is 18.2 Å². The fourth-order valence-corrected chi connectivity index (χ4v) is 3.91. The molecule has 21 heavy (non-hydrogen) atoms. The molecule has 7 nitrogen and oxygen atoms in total. The molecule has 2 N–H and O–H groups in total. The average molecular weight is 318 g/mol. The predicted octanol–water partition coefficient (Wildman–Crippen LogP) is 1.32. The van der Waals surface area contributed by atoms with E-state index in [1.54, 1.807) is 0 Å². The van der Waals surface area contributed by atoms with Gasteiger partial charge in [-0.15, -0.1) is 0 Å². The summed E-state index contributed by atoms with van der Waals surface area (Å²) in [4.78, 5) is 9.11. The Morgan fingerprint density at radius 2 is 2.10 bits per heavy atom. The maximum atomic E-state index is 13.5. The molecule has 2 rings (SSSR count). The average Bonchev–Trinajstić information content (AvgIpc) is 2.37. The van der Waals surface area contributed by atoms with Crippen LogP contribution in [0.15, 0.2) is 23.1 Å². The summed E-state index contributed by atoms with van der Waals surface area (Å²) in [5.74, 6) is -1.20. The van der Waals surface area contributed by atoms with Gasteiger partial charge in [0.15, 0.2) is 4.90 Å². The highest BCUT2D eigenvalue weighted by Gasteiger charge is 2.32. The van der Waals surface area contributed by atoms with Gasteiger partial charge in [-0.3, -0.25) is 10.1 Å². The van der Waals surface area contributed by atoms with E-state index < -0.39 is 43.5 Å². The van der Waals surface area contributed by atoms with Crippen molar-refractivity contribution >= 4 is 15.7 Å². The molecular weight excluding hydrogens is 303 g/mol. The van der Waals surface area contributed by atoms with Gasteiger partial charge in [0.1, 0.15) is 0 Å². The lowest BCUT2D eigenvalue weighted by atomic mass is 9.94. The monoisotopic (exact) mass is 318 g/mol. The highest BCUT2D eigenvalue weighted by atomic mass is 32.2. The van der Waals surface area contributed by atoms with Crippen LogP contribution in [-0.4, -0.2) is 30.6 Å². The quantitative estimate of drug-likeness (QED) is 0.642. The van der Waals surface area contributed by atoms with Crippen LogP contribution >= 0.6 is 0 Å². The number of nitro groups is 1. The zero-order valence-corrected chi connectivity index (χ0v) is 11.8. The smallest absolute Gasteiger partial charge is 0.324 e. The van der Waals surface area contributed by atoms with Gasteiger partial charge in [-0.25, -0.2) is 13.1 Å². The second kappa shape index (κ2) is 6.04. The number of benzene rings is 1. The summed E-state index contributed by atoms with van der Waals surface area (Å²) in [6.45, 7) is 0. The van der Waals surface area contributed by atoms with Crippen molar-refractivity contribution in [1.29, 1.82) is 0 Å². The molecule has 0 radical (unpaired) electrons. The van der Waals surface area contributed by atoms with E-state index in [0.29, 0.717) is 19.3 Å². The van der Waals surface area contributed by atoms with Crippen molar-refractivity contribution in [3.63, 3.8) is 0 Å². The Balaban J connectivity index is 2.32. The van der Waals surface area contributed by atoms with E-state index >= 15 is 0 Å².